The lowest BCUT2D eigenvalue weighted by Crippen LogP contribution is -2.22. The number of pyridine rings is 2. The highest BCUT2D eigenvalue weighted by Crippen LogP contribution is 2.36. The van der Waals surface area contributed by atoms with Crippen LogP contribution in [-0.4, -0.2) is 34.3 Å². The van der Waals surface area contributed by atoms with E-state index in [0.29, 0.717) is 0 Å². The van der Waals surface area contributed by atoms with Gasteiger partial charge in [-0.3, -0.25) is 14.6 Å². The highest BCUT2D eigenvalue weighted by atomic mass is 19.3. The van der Waals surface area contributed by atoms with Crippen molar-refractivity contribution in [1.29, 1.82) is 0 Å². The van der Waals surface area contributed by atoms with Crippen molar-refractivity contribution < 1.29 is 23.1 Å². The number of hydrogen-bond donors (Lipinski definition) is 2. The van der Waals surface area contributed by atoms with E-state index in [2.05, 4.69) is 15.3 Å². The first-order valence-corrected chi connectivity index (χ1v) is 8.15. The molecule has 0 saturated carbocycles. The summed E-state index contributed by atoms with van der Waals surface area (Å²) in [6.07, 6.45) is 4.01. The summed E-state index contributed by atoms with van der Waals surface area (Å²) >= 11 is 0. The summed E-state index contributed by atoms with van der Waals surface area (Å²) < 4.78 is 31.6. The van der Waals surface area contributed by atoms with E-state index in [1.165, 1.54) is 30.7 Å². The van der Waals surface area contributed by atoms with Gasteiger partial charge in [-0.1, -0.05) is 13.8 Å². The molecule has 0 spiro atoms. The van der Waals surface area contributed by atoms with Crippen molar-refractivity contribution in [2.75, 3.05) is 11.9 Å². The average Bonchev–Trinajstić information content (AvgIpc) is 2.59. The van der Waals surface area contributed by atoms with Gasteiger partial charge in [0.15, 0.2) is 6.61 Å². The molecule has 27 heavy (non-hydrogen) atoms. The minimum Gasteiger partial charge on any atom is -0.487 e. The Bertz CT molecular complexity index is 851. The SMILES string of the molecule is CC(C)C(=O)Nc1nccc(C(N)=O)c1-c1cnccc1OCC(C)(F)F. The Morgan fingerprint density at radius 3 is 2.59 bits per heavy atom. The number of ether oxygens (including phenoxy) is 1. The van der Waals surface area contributed by atoms with Gasteiger partial charge in [-0.25, -0.2) is 13.8 Å². The van der Waals surface area contributed by atoms with E-state index in [0.717, 1.165) is 6.92 Å². The molecule has 0 aliphatic carbocycles. The fraction of sp³-hybridized carbons (Fsp3) is 0.333. The summed E-state index contributed by atoms with van der Waals surface area (Å²) in [5, 5.41) is 2.61. The number of nitrogens with one attached hydrogen (secondary N) is 1. The number of halogens is 2. The molecule has 144 valence electrons. The maximum Gasteiger partial charge on any atom is 0.278 e. The minimum absolute atomic E-state index is 0.0464. The van der Waals surface area contributed by atoms with Crippen molar-refractivity contribution in [3.8, 4) is 16.9 Å². The first-order valence-electron chi connectivity index (χ1n) is 8.15. The van der Waals surface area contributed by atoms with Crippen LogP contribution in [0.1, 0.15) is 31.1 Å². The van der Waals surface area contributed by atoms with Crippen LogP contribution in [0.25, 0.3) is 11.1 Å². The maximum atomic E-state index is 13.2. The van der Waals surface area contributed by atoms with Crippen LogP contribution in [-0.2, 0) is 4.79 Å². The Morgan fingerprint density at radius 1 is 1.30 bits per heavy atom. The van der Waals surface area contributed by atoms with E-state index in [1.54, 1.807) is 13.8 Å². The van der Waals surface area contributed by atoms with E-state index in [-0.39, 0.29) is 40.1 Å². The molecule has 9 heteroatoms. The average molecular weight is 378 g/mol. The number of nitrogens with zero attached hydrogens (tertiary/aromatic N) is 2. The highest BCUT2D eigenvalue weighted by Gasteiger charge is 2.25. The third kappa shape index (κ3) is 5.19. The lowest BCUT2D eigenvalue weighted by Gasteiger charge is -2.18. The molecule has 7 nitrogen and oxygen atoms in total. The molecule has 2 aromatic heterocycles. The lowest BCUT2D eigenvalue weighted by atomic mass is 10.0. The quantitative estimate of drug-likeness (QED) is 0.770. The van der Waals surface area contributed by atoms with Crippen LogP contribution in [0, 0.1) is 5.92 Å². The fourth-order valence-electron chi connectivity index (χ4n) is 2.20. The molecule has 2 amide bonds. The molecule has 0 unspecified atom stereocenters. The molecule has 3 N–H and O–H groups in total. The Labute approximate surface area is 155 Å². The molecule has 0 aliphatic heterocycles. The first kappa shape index (κ1) is 20.2. The second-order valence-electron chi connectivity index (χ2n) is 6.32. The number of alkyl halides is 2. The Kier molecular flexibility index (Phi) is 6.04. The predicted molar refractivity (Wildman–Crippen MR) is 95.6 cm³/mol. The number of amides is 2. The number of anilines is 1. The van der Waals surface area contributed by atoms with E-state index in [1.807, 2.05) is 0 Å². The maximum absolute atomic E-state index is 13.2. The van der Waals surface area contributed by atoms with Gasteiger partial charge in [0.25, 0.3) is 5.92 Å². The minimum atomic E-state index is -3.06. The standard InChI is InChI=1S/C18H20F2N4O3/c1-10(2)17(26)24-16-14(11(15(21)25)4-7-23-16)12-8-22-6-5-13(12)27-9-18(3,19)20/h4-8,10H,9H2,1-3H3,(H2,21,25)(H,23,24,26). The third-order valence-electron chi connectivity index (χ3n) is 3.51. The molecule has 0 saturated heterocycles. The molecule has 0 fully saturated rings. The Hall–Kier alpha value is -3.10. The Morgan fingerprint density at radius 2 is 2.00 bits per heavy atom. The molecule has 0 radical (unpaired) electrons. The molecule has 0 atom stereocenters. The van der Waals surface area contributed by atoms with Crippen molar-refractivity contribution >= 4 is 17.6 Å². The smallest absolute Gasteiger partial charge is 0.278 e. The van der Waals surface area contributed by atoms with E-state index >= 15 is 0 Å². The van der Waals surface area contributed by atoms with Crippen molar-refractivity contribution in [1.82, 2.24) is 9.97 Å². The van der Waals surface area contributed by atoms with E-state index in [4.69, 9.17) is 10.5 Å². The van der Waals surface area contributed by atoms with Gasteiger partial charge in [0.1, 0.15) is 11.6 Å². The zero-order valence-corrected chi connectivity index (χ0v) is 15.1. The lowest BCUT2D eigenvalue weighted by molar-refractivity contribution is -0.118. The second kappa shape index (κ2) is 8.07. The monoisotopic (exact) mass is 378 g/mol. The van der Waals surface area contributed by atoms with Gasteiger partial charge < -0.3 is 15.8 Å². The van der Waals surface area contributed by atoms with Crippen LogP contribution >= 0.6 is 0 Å². The van der Waals surface area contributed by atoms with Crippen molar-refractivity contribution in [3.05, 3.63) is 36.3 Å². The van der Waals surface area contributed by atoms with Gasteiger partial charge >= 0.3 is 0 Å². The fourth-order valence-corrected chi connectivity index (χ4v) is 2.20. The van der Waals surface area contributed by atoms with Crippen LogP contribution in [0.15, 0.2) is 30.7 Å². The predicted octanol–water partition coefficient (Wildman–Crippen LogP) is 2.87. The van der Waals surface area contributed by atoms with E-state index in [9.17, 15) is 18.4 Å². The normalized spacial score (nSPS) is 11.3. The summed E-state index contributed by atoms with van der Waals surface area (Å²) in [7, 11) is 0. The summed E-state index contributed by atoms with van der Waals surface area (Å²) in [6, 6.07) is 2.75. The van der Waals surface area contributed by atoms with Crippen molar-refractivity contribution in [2.24, 2.45) is 11.7 Å². The van der Waals surface area contributed by atoms with Gasteiger partial charge in [-0.2, -0.15) is 0 Å². The van der Waals surface area contributed by atoms with Crippen LogP contribution in [0.2, 0.25) is 0 Å². The number of primary amides is 1. The van der Waals surface area contributed by atoms with Gasteiger partial charge in [0, 0.05) is 42.6 Å². The number of nitrogens with two attached hydrogens (primary N) is 1. The molecule has 2 rings (SSSR count). The number of carbonyl (C=O) groups is 2. The molecule has 0 aliphatic rings. The second-order valence-corrected chi connectivity index (χ2v) is 6.32. The number of hydrogen-bond acceptors (Lipinski definition) is 5. The molecular formula is C18H20F2N4O3. The van der Waals surface area contributed by atoms with Crippen LogP contribution in [0.3, 0.4) is 0 Å². The zero-order chi connectivity index (χ0) is 20.2. The van der Waals surface area contributed by atoms with Crippen LogP contribution < -0.4 is 15.8 Å². The van der Waals surface area contributed by atoms with Crippen LogP contribution in [0.5, 0.6) is 5.75 Å². The van der Waals surface area contributed by atoms with E-state index < -0.39 is 18.4 Å². The van der Waals surface area contributed by atoms with Gasteiger partial charge in [0.05, 0.1) is 5.56 Å². The Balaban J connectivity index is 2.59. The molecule has 0 aromatic carbocycles. The van der Waals surface area contributed by atoms with Crippen LogP contribution in [0.4, 0.5) is 14.6 Å². The van der Waals surface area contributed by atoms with Gasteiger partial charge in [-0.15, -0.1) is 0 Å². The first-order chi connectivity index (χ1) is 12.6. The molecule has 2 heterocycles. The largest absolute Gasteiger partial charge is 0.487 e. The number of rotatable bonds is 7. The molecule has 0 bridgehead atoms. The highest BCUT2D eigenvalue weighted by molar-refractivity contribution is 6.05. The third-order valence-corrected chi connectivity index (χ3v) is 3.51. The van der Waals surface area contributed by atoms with Crippen molar-refractivity contribution in [2.45, 2.75) is 26.7 Å². The summed E-state index contributed by atoms with van der Waals surface area (Å²) in [6.45, 7) is 3.23. The summed E-state index contributed by atoms with van der Waals surface area (Å²) in [4.78, 5) is 32.1. The topological polar surface area (TPSA) is 107 Å². The summed E-state index contributed by atoms with van der Waals surface area (Å²) in [5.41, 5.74) is 5.86. The van der Waals surface area contributed by atoms with Gasteiger partial charge in [-0.05, 0) is 12.1 Å². The molecule has 2 aromatic rings. The number of carbonyl (C=O) groups excluding carboxylic acids is 2. The van der Waals surface area contributed by atoms with Gasteiger partial charge in [0.2, 0.25) is 11.8 Å². The van der Waals surface area contributed by atoms with Crippen molar-refractivity contribution in [3.63, 3.8) is 0 Å². The molecular weight excluding hydrogens is 358 g/mol. The number of aromatic nitrogens is 2. The summed E-state index contributed by atoms with van der Waals surface area (Å²) in [5.74, 6) is -4.40. The zero-order valence-electron chi connectivity index (χ0n) is 15.1.